The van der Waals surface area contributed by atoms with Crippen LogP contribution >= 0.6 is 0 Å². The van der Waals surface area contributed by atoms with Crippen LogP contribution in [0.4, 0.5) is 0 Å². The Labute approximate surface area is 108 Å². The fourth-order valence-electron chi connectivity index (χ4n) is 1.75. The number of allylic oxidation sites excluding steroid dienone is 1. The van der Waals surface area contributed by atoms with Crippen molar-refractivity contribution in [1.82, 2.24) is 0 Å². The highest BCUT2D eigenvalue weighted by molar-refractivity contribution is 5.91. The lowest BCUT2D eigenvalue weighted by atomic mass is 10.0. The molecule has 0 aliphatic rings. The summed E-state index contributed by atoms with van der Waals surface area (Å²) in [6.07, 6.45) is 3.42. The third-order valence-electron chi connectivity index (χ3n) is 2.81. The van der Waals surface area contributed by atoms with Crippen LogP contribution < -0.4 is 0 Å². The fourth-order valence-corrected chi connectivity index (χ4v) is 1.75. The van der Waals surface area contributed by atoms with Gasteiger partial charge in [0.05, 0.1) is 0 Å². The van der Waals surface area contributed by atoms with E-state index in [-0.39, 0.29) is 5.78 Å². The van der Waals surface area contributed by atoms with E-state index in [4.69, 9.17) is 0 Å². The third-order valence-corrected chi connectivity index (χ3v) is 2.81. The molecule has 0 aromatic heterocycles. The van der Waals surface area contributed by atoms with E-state index in [0.717, 1.165) is 5.56 Å². The van der Waals surface area contributed by atoms with Crippen LogP contribution in [0, 0.1) is 6.92 Å². The summed E-state index contributed by atoms with van der Waals surface area (Å²) in [5, 5.41) is 0. The zero-order valence-electron chi connectivity index (χ0n) is 10.7. The molecule has 2 aromatic carbocycles. The number of benzene rings is 2. The Morgan fingerprint density at radius 2 is 1.39 bits per heavy atom. The Kier molecular flexibility index (Phi) is 3.73. The van der Waals surface area contributed by atoms with Gasteiger partial charge in [0, 0.05) is 0 Å². The predicted octanol–water partition coefficient (Wildman–Crippen LogP) is 4.26. The second-order valence-electron chi connectivity index (χ2n) is 4.43. The van der Waals surface area contributed by atoms with Crippen LogP contribution in [0.2, 0.25) is 0 Å². The van der Waals surface area contributed by atoms with Crippen molar-refractivity contribution >= 4 is 11.9 Å². The molecule has 2 aromatic rings. The number of hydrogen-bond acceptors (Lipinski definition) is 1. The molecule has 0 unspecified atom stereocenters. The highest BCUT2D eigenvalue weighted by Crippen LogP contribution is 2.20. The van der Waals surface area contributed by atoms with E-state index < -0.39 is 0 Å². The van der Waals surface area contributed by atoms with E-state index in [0.29, 0.717) is 0 Å². The van der Waals surface area contributed by atoms with E-state index >= 15 is 0 Å². The minimum Gasteiger partial charge on any atom is -0.295 e. The summed E-state index contributed by atoms with van der Waals surface area (Å²) in [5.41, 5.74) is 4.71. The average molecular weight is 236 g/mol. The van der Waals surface area contributed by atoms with Crippen molar-refractivity contribution < 1.29 is 4.79 Å². The first kappa shape index (κ1) is 12.3. The fraction of sp³-hybridized carbons (Fsp3) is 0.118. The zero-order valence-corrected chi connectivity index (χ0v) is 10.7. The Morgan fingerprint density at radius 3 is 1.89 bits per heavy atom. The summed E-state index contributed by atoms with van der Waals surface area (Å²) in [6, 6.07) is 16.7. The molecule has 90 valence electrons. The number of carbonyl (C=O) groups is 1. The van der Waals surface area contributed by atoms with Crippen LogP contribution in [0.5, 0.6) is 0 Å². The first-order valence-electron chi connectivity index (χ1n) is 6.01. The monoisotopic (exact) mass is 236 g/mol. The molecular weight excluding hydrogens is 220 g/mol. The summed E-state index contributed by atoms with van der Waals surface area (Å²) in [5.74, 6) is 0.0672. The number of hydrogen-bond donors (Lipinski definition) is 0. The lowest BCUT2D eigenvalue weighted by Gasteiger charge is -2.02. The molecule has 0 spiro atoms. The molecule has 1 heteroatoms. The maximum Gasteiger partial charge on any atom is 0.152 e. The average Bonchev–Trinajstić information content (AvgIpc) is 2.38. The molecule has 0 N–H and O–H groups in total. The molecule has 0 atom stereocenters. The molecule has 1 nitrogen and oxygen atoms in total. The van der Waals surface area contributed by atoms with E-state index in [2.05, 4.69) is 43.3 Å². The molecule has 0 aliphatic carbocycles. The number of aryl methyl sites for hydroxylation is 1. The summed E-state index contributed by atoms with van der Waals surface area (Å²) < 4.78 is 0. The molecule has 18 heavy (non-hydrogen) atoms. The smallest absolute Gasteiger partial charge is 0.152 e. The highest BCUT2D eigenvalue weighted by Gasteiger charge is 1.96. The van der Waals surface area contributed by atoms with E-state index in [1.165, 1.54) is 16.7 Å². The maximum atomic E-state index is 10.9. The van der Waals surface area contributed by atoms with Gasteiger partial charge in [0.25, 0.3) is 0 Å². The van der Waals surface area contributed by atoms with Crippen LogP contribution in [0.3, 0.4) is 0 Å². The second kappa shape index (κ2) is 5.46. The Hall–Kier alpha value is -2.15. The van der Waals surface area contributed by atoms with Gasteiger partial charge in [-0.05, 0) is 36.6 Å². The summed E-state index contributed by atoms with van der Waals surface area (Å²) >= 11 is 0. The van der Waals surface area contributed by atoms with Crippen LogP contribution in [0.25, 0.3) is 17.2 Å². The van der Waals surface area contributed by atoms with Crippen molar-refractivity contribution in [3.63, 3.8) is 0 Å². The summed E-state index contributed by atoms with van der Waals surface area (Å²) in [6.45, 7) is 3.64. The molecule has 0 amide bonds. The predicted molar refractivity (Wildman–Crippen MR) is 76.3 cm³/mol. The van der Waals surface area contributed by atoms with E-state index in [1.54, 1.807) is 13.0 Å². The minimum absolute atomic E-state index is 0.0672. The van der Waals surface area contributed by atoms with E-state index in [9.17, 15) is 4.79 Å². The third kappa shape index (κ3) is 3.17. The van der Waals surface area contributed by atoms with Crippen molar-refractivity contribution in [3.8, 4) is 11.1 Å². The second-order valence-corrected chi connectivity index (χ2v) is 4.43. The van der Waals surface area contributed by atoms with Gasteiger partial charge in [-0.1, -0.05) is 60.2 Å². The first-order valence-corrected chi connectivity index (χ1v) is 6.01. The molecule has 0 bridgehead atoms. The molecule has 0 aliphatic heterocycles. The molecule has 0 saturated heterocycles. The Balaban J connectivity index is 2.22. The molecule has 2 rings (SSSR count). The zero-order chi connectivity index (χ0) is 13.0. The number of rotatable bonds is 3. The molecule has 0 radical (unpaired) electrons. The number of ketones is 1. The van der Waals surface area contributed by atoms with E-state index in [1.807, 2.05) is 18.2 Å². The van der Waals surface area contributed by atoms with Crippen LogP contribution in [0.1, 0.15) is 18.1 Å². The van der Waals surface area contributed by atoms with Gasteiger partial charge in [-0.15, -0.1) is 0 Å². The lowest BCUT2D eigenvalue weighted by Crippen LogP contribution is -1.81. The van der Waals surface area contributed by atoms with Crippen molar-refractivity contribution in [2.24, 2.45) is 0 Å². The van der Waals surface area contributed by atoms with Gasteiger partial charge in [-0.25, -0.2) is 0 Å². The number of carbonyl (C=O) groups excluding carboxylic acids is 1. The van der Waals surface area contributed by atoms with Crippen molar-refractivity contribution in [2.45, 2.75) is 13.8 Å². The van der Waals surface area contributed by atoms with Gasteiger partial charge in [-0.3, -0.25) is 4.79 Å². The van der Waals surface area contributed by atoms with Crippen molar-refractivity contribution in [2.75, 3.05) is 0 Å². The van der Waals surface area contributed by atoms with Crippen molar-refractivity contribution in [1.29, 1.82) is 0 Å². The van der Waals surface area contributed by atoms with Gasteiger partial charge in [-0.2, -0.15) is 0 Å². The standard InChI is InChI=1S/C17H16O/c1-13-3-9-16(10-4-13)17-11-7-15(8-12-17)6-5-14(2)18/h3-12H,1-2H3/b6-5+. The van der Waals surface area contributed by atoms with Crippen molar-refractivity contribution in [3.05, 3.63) is 65.7 Å². The Bertz CT molecular complexity index is 560. The first-order chi connectivity index (χ1) is 8.65. The summed E-state index contributed by atoms with van der Waals surface area (Å²) in [4.78, 5) is 10.9. The summed E-state index contributed by atoms with van der Waals surface area (Å²) in [7, 11) is 0. The molecule has 0 fully saturated rings. The Morgan fingerprint density at radius 1 is 0.889 bits per heavy atom. The molecule has 0 heterocycles. The van der Waals surface area contributed by atoms with Gasteiger partial charge in [0.15, 0.2) is 5.78 Å². The highest BCUT2D eigenvalue weighted by atomic mass is 16.1. The largest absolute Gasteiger partial charge is 0.295 e. The van der Waals surface area contributed by atoms with Gasteiger partial charge >= 0.3 is 0 Å². The van der Waals surface area contributed by atoms with Crippen LogP contribution in [0.15, 0.2) is 54.6 Å². The normalized spacial score (nSPS) is 10.8. The quantitative estimate of drug-likeness (QED) is 0.727. The molecular formula is C17H16O. The van der Waals surface area contributed by atoms with Gasteiger partial charge in [0.2, 0.25) is 0 Å². The SMILES string of the molecule is CC(=O)/C=C/c1ccc(-c2ccc(C)cc2)cc1. The van der Waals surface area contributed by atoms with Gasteiger partial charge in [0.1, 0.15) is 0 Å². The maximum absolute atomic E-state index is 10.9. The van der Waals surface area contributed by atoms with Gasteiger partial charge < -0.3 is 0 Å². The molecule has 0 saturated carbocycles. The lowest BCUT2D eigenvalue weighted by molar-refractivity contribution is -0.112. The topological polar surface area (TPSA) is 17.1 Å². The van der Waals surface area contributed by atoms with Crippen LogP contribution in [-0.2, 0) is 4.79 Å². The van der Waals surface area contributed by atoms with Crippen LogP contribution in [-0.4, -0.2) is 5.78 Å². The minimum atomic E-state index is 0.0672.